The summed E-state index contributed by atoms with van der Waals surface area (Å²) in [6.07, 6.45) is 0.857. The highest BCUT2D eigenvalue weighted by molar-refractivity contribution is 7.92. The molecule has 0 spiro atoms. The van der Waals surface area contributed by atoms with Crippen LogP contribution in [0.2, 0.25) is 0 Å². The molecule has 2 aromatic rings. The van der Waals surface area contributed by atoms with Crippen LogP contribution in [0, 0.1) is 0 Å². The Hall–Kier alpha value is -2.34. The molecule has 6 heteroatoms. The Morgan fingerprint density at radius 2 is 1.83 bits per heavy atom. The monoisotopic (exact) mass is 330 g/mol. The van der Waals surface area contributed by atoms with Gasteiger partial charge >= 0.3 is 0 Å². The number of carbonyl (C=O) groups is 1. The maximum atomic E-state index is 12.6. The van der Waals surface area contributed by atoms with Crippen molar-refractivity contribution < 1.29 is 13.2 Å². The van der Waals surface area contributed by atoms with E-state index in [0.29, 0.717) is 17.8 Å². The first-order valence-electron chi connectivity index (χ1n) is 7.50. The average molecular weight is 330 g/mol. The van der Waals surface area contributed by atoms with E-state index in [0.717, 1.165) is 12.1 Å². The molecule has 1 aliphatic heterocycles. The van der Waals surface area contributed by atoms with Gasteiger partial charge in [-0.05, 0) is 49.2 Å². The number of hydrogen-bond donors (Lipinski definition) is 1. The molecule has 120 valence electrons. The predicted molar refractivity (Wildman–Crippen MR) is 91.3 cm³/mol. The lowest BCUT2D eigenvalue weighted by Gasteiger charge is -2.17. The van der Waals surface area contributed by atoms with Gasteiger partial charge < -0.3 is 4.90 Å². The zero-order chi connectivity index (χ0) is 16.4. The lowest BCUT2D eigenvalue weighted by molar-refractivity contribution is 0.0989. The molecule has 1 amide bonds. The van der Waals surface area contributed by atoms with Crippen LogP contribution >= 0.6 is 0 Å². The number of hydrogen-bond acceptors (Lipinski definition) is 3. The highest BCUT2D eigenvalue weighted by Gasteiger charge is 2.25. The molecule has 0 aliphatic carbocycles. The summed E-state index contributed by atoms with van der Waals surface area (Å²) in [5, 5.41) is 0. The molecular weight excluding hydrogens is 312 g/mol. The smallest absolute Gasteiger partial charge is 0.258 e. The van der Waals surface area contributed by atoms with Crippen LogP contribution in [-0.2, 0) is 16.4 Å². The molecule has 0 saturated heterocycles. The third-order valence-corrected chi connectivity index (χ3v) is 5.22. The molecular formula is C17H18N2O3S. The van der Waals surface area contributed by atoms with Gasteiger partial charge in [0.15, 0.2) is 0 Å². The van der Waals surface area contributed by atoms with Gasteiger partial charge in [-0.2, -0.15) is 0 Å². The fraction of sp³-hybridized carbons (Fsp3) is 0.235. The van der Waals surface area contributed by atoms with Crippen LogP contribution in [0.5, 0.6) is 0 Å². The lowest BCUT2D eigenvalue weighted by Crippen LogP contribution is -2.28. The molecule has 0 unspecified atom stereocenters. The zero-order valence-electron chi connectivity index (χ0n) is 12.8. The Labute approximate surface area is 136 Å². The minimum atomic E-state index is -3.31. The number of nitrogens with one attached hydrogen (secondary N) is 1. The van der Waals surface area contributed by atoms with E-state index in [2.05, 4.69) is 4.72 Å². The summed E-state index contributed by atoms with van der Waals surface area (Å²) in [6.45, 7) is 2.24. The molecule has 1 heterocycles. The van der Waals surface area contributed by atoms with Crippen LogP contribution in [-0.4, -0.2) is 26.6 Å². The molecule has 5 nitrogen and oxygen atoms in total. The number of amides is 1. The number of para-hydroxylation sites is 1. The van der Waals surface area contributed by atoms with Gasteiger partial charge in [0.1, 0.15) is 0 Å². The summed E-state index contributed by atoms with van der Waals surface area (Å²) >= 11 is 0. The van der Waals surface area contributed by atoms with Crippen molar-refractivity contribution in [2.75, 3.05) is 21.9 Å². The zero-order valence-corrected chi connectivity index (χ0v) is 13.6. The summed E-state index contributed by atoms with van der Waals surface area (Å²) in [5.41, 5.74) is 3.13. The van der Waals surface area contributed by atoms with Gasteiger partial charge in [0.2, 0.25) is 10.0 Å². The molecule has 2 aromatic carbocycles. The molecule has 1 aliphatic rings. The molecule has 0 fully saturated rings. The maximum Gasteiger partial charge on any atom is 0.258 e. The molecule has 0 radical (unpaired) electrons. The van der Waals surface area contributed by atoms with Gasteiger partial charge in [-0.25, -0.2) is 8.42 Å². The number of anilines is 2. The number of nitrogens with zero attached hydrogens (tertiary/aromatic N) is 1. The van der Waals surface area contributed by atoms with Crippen molar-refractivity contribution >= 4 is 27.3 Å². The van der Waals surface area contributed by atoms with Gasteiger partial charge in [0.25, 0.3) is 5.91 Å². The van der Waals surface area contributed by atoms with Crippen LogP contribution in [0.1, 0.15) is 22.8 Å². The van der Waals surface area contributed by atoms with Crippen LogP contribution < -0.4 is 9.62 Å². The van der Waals surface area contributed by atoms with E-state index in [1.54, 1.807) is 36.1 Å². The lowest BCUT2D eigenvalue weighted by atomic mass is 10.1. The number of rotatable bonds is 4. The Morgan fingerprint density at radius 3 is 2.52 bits per heavy atom. The maximum absolute atomic E-state index is 12.6. The Morgan fingerprint density at radius 1 is 1.13 bits per heavy atom. The first kappa shape index (κ1) is 15.6. The second kappa shape index (κ2) is 6.04. The Bertz CT molecular complexity index is 829. The second-order valence-corrected chi connectivity index (χ2v) is 7.43. The summed E-state index contributed by atoms with van der Waals surface area (Å²) in [7, 11) is -3.31. The van der Waals surface area contributed by atoms with Gasteiger partial charge in [0, 0.05) is 23.5 Å². The molecule has 0 atom stereocenters. The minimum Gasteiger partial charge on any atom is -0.308 e. The molecule has 0 aromatic heterocycles. The minimum absolute atomic E-state index is 0.0121. The predicted octanol–water partition coefficient (Wildman–Crippen LogP) is 2.65. The topological polar surface area (TPSA) is 66.5 Å². The summed E-state index contributed by atoms with van der Waals surface area (Å²) in [5.74, 6) is -0.0574. The summed E-state index contributed by atoms with van der Waals surface area (Å²) < 4.78 is 25.6. The van der Waals surface area contributed by atoms with Gasteiger partial charge in [-0.1, -0.05) is 18.2 Å². The standard InChI is InChI=1S/C17H18N2O3S/c1-2-23(21,22)18-15-9-7-14(8-10-15)17(20)19-12-11-13-5-3-4-6-16(13)19/h3-10,18H,2,11-12H2,1H3. The summed E-state index contributed by atoms with van der Waals surface area (Å²) in [4.78, 5) is 14.4. The number of carbonyl (C=O) groups excluding carboxylic acids is 1. The largest absolute Gasteiger partial charge is 0.308 e. The van der Waals surface area contributed by atoms with E-state index in [1.807, 2.05) is 24.3 Å². The van der Waals surface area contributed by atoms with E-state index in [-0.39, 0.29) is 11.7 Å². The average Bonchev–Trinajstić information content (AvgIpc) is 2.98. The van der Waals surface area contributed by atoms with Crippen molar-refractivity contribution in [3.05, 3.63) is 59.7 Å². The normalized spacial score (nSPS) is 13.7. The van der Waals surface area contributed by atoms with Gasteiger partial charge in [0.05, 0.1) is 5.75 Å². The van der Waals surface area contributed by atoms with Crippen LogP contribution in [0.4, 0.5) is 11.4 Å². The van der Waals surface area contributed by atoms with Crippen molar-refractivity contribution in [2.24, 2.45) is 0 Å². The van der Waals surface area contributed by atoms with Crippen LogP contribution in [0.15, 0.2) is 48.5 Å². The molecule has 23 heavy (non-hydrogen) atoms. The molecule has 1 N–H and O–H groups in total. The quantitative estimate of drug-likeness (QED) is 0.937. The van der Waals surface area contributed by atoms with Gasteiger partial charge in [-0.15, -0.1) is 0 Å². The molecule has 0 saturated carbocycles. The first-order valence-corrected chi connectivity index (χ1v) is 9.16. The number of benzene rings is 2. The van der Waals surface area contributed by atoms with E-state index in [1.165, 1.54) is 5.56 Å². The Kier molecular flexibility index (Phi) is 4.09. The highest BCUT2D eigenvalue weighted by Crippen LogP contribution is 2.29. The van der Waals surface area contributed by atoms with E-state index < -0.39 is 10.0 Å². The van der Waals surface area contributed by atoms with Gasteiger partial charge in [-0.3, -0.25) is 9.52 Å². The van der Waals surface area contributed by atoms with Crippen molar-refractivity contribution in [3.63, 3.8) is 0 Å². The van der Waals surface area contributed by atoms with Crippen LogP contribution in [0.3, 0.4) is 0 Å². The summed E-state index contributed by atoms with van der Waals surface area (Å²) in [6, 6.07) is 14.4. The van der Waals surface area contributed by atoms with Crippen molar-refractivity contribution in [3.8, 4) is 0 Å². The molecule has 0 bridgehead atoms. The second-order valence-electron chi connectivity index (χ2n) is 5.42. The number of sulfonamides is 1. The fourth-order valence-electron chi connectivity index (χ4n) is 2.64. The third kappa shape index (κ3) is 3.22. The highest BCUT2D eigenvalue weighted by atomic mass is 32.2. The fourth-order valence-corrected chi connectivity index (χ4v) is 3.28. The van der Waals surface area contributed by atoms with E-state index >= 15 is 0 Å². The third-order valence-electron chi connectivity index (χ3n) is 3.92. The SMILES string of the molecule is CCS(=O)(=O)Nc1ccc(C(=O)N2CCc3ccccc32)cc1. The van der Waals surface area contributed by atoms with Crippen molar-refractivity contribution in [1.29, 1.82) is 0 Å². The number of fused-ring (bicyclic) bond motifs is 1. The van der Waals surface area contributed by atoms with Crippen molar-refractivity contribution in [1.82, 2.24) is 0 Å². The molecule has 3 rings (SSSR count). The van der Waals surface area contributed by atoms with E-state index in [4.69, 9.17) is 0 Å². The first-order chi connectivity index (χ1) is 11.0. The van der Waals surface area contributed by atoms with Crippen molar-refractivity contribution in [2.45, 2.75) is 13.3 Å². The Balaban J connectivity index is 1.79. The van der Waals surface area contributed by atoms with E-state index in [9.17, 15) is 13.2 Å². The van der Waals surface area contributed by atoms with Crippen LogP contribution in [0.25, 0.3) is 0 Å².